The van der Waals surface area contributed by atoms with Crippen LogP contribution in [0.25, 0.3) is 0 Å². The third-order valence-electron chi connectivity index (χ3n) is 4.25. The van der Waals surface area contributed by atoms with E-state index in [0.717, 1.165) is 37.0 Å². The second kappa shape index (κ2) is 7.78. The molecular formula is C19H25N3O2S. The molecule has 2 aromatic rings. The molecule has 1 aliphatic rings. The molecule has 1 aromatic carbocycles. The van der Waals surface area contributed by atoms with Crippen molar-refractivity contribution in [3.8, 4) is 11.5 Å². The van der Waals surface area contributed by atoms with E-state index in [0.29, 0.717) is 6.79 Å². The van der Waals surface area contributed by atoms with Gasteiger partial charge in [-0.25, -0.2) is 0 Å². The van der Waals surface area contributed by atoms with Crippen molar-refractivity contribution in [2.75, 3.05) is 26.9 Å². The third kappa shape index (κ3) is 4.45. The largest absolute Gasteiger partial charge is 0.454 e. The number of hydrogen-bond acceptors (Lipinski definition) is 4. The molecule has 2 heterocycles. The van der Waals surface area contributed by atoms with Gasteiger partial charge >= 0.3 is 0 Å². The van der Waals surface area contributed by atoms with Gasteiger partial charge in [0.15, 0.2) is 17.5 Å². The van der Waals surface area contributed by atoms with Gasteiger partial charge in [0.25, 0.3) is 0 Å². The fraction of sp³-hybridized carbons (Fsp3) is 0.421. The molecule has 6 heteroatoms. The molecular weight excluding hydrogens is 334 g/mol. The summed E-state index contributed by atoms with van der Waals surface area (Å²) in [7, 11) is 1.80. The minimum Gasteiger partial charge on any atom is -0.454 e. The van der Waals surface area contributed by atoms with Crippen molar-refractivity contribution in [3.05, 3.63) is 46.2 Å². The van der Waals surface area contributed by atoms with Crippen LogP contribution >= 0.6 is 11.3 Å². The fourth-order valence-electron chi connectivity index (χ4n) is 2.70. The Kier molecular flexibility index (Phi) is 5.48. The van der Waals surface area contributed by atoms with E-state index in [2.05, 4.69) is 53.1 Å². The summed E-state index contributed by atoms with van der Waals surface area (Å²) >= 11 is 1.79. The van der Waals surface area contributed by atoms with Gasteiger partial charge in [-0.05, 0) is 35.6 Å². The van der Waals surface area contributed by atoms with Crippen molar-refractivity contribution in [2.24, 2.45) is 4.99 Å². The maximum absolute atomic E-state index is 5.42. The summed E-state index contributed by atoms with van der Waals surface area (Å²) in [5, 5.41) is 8.92. The summed E-state index contributed by atoms with van der Waals surface area (Å²) in [6.07, 6.45) is 0.895. The van der Waals surface area contributed by atoms with Crippen LogP contribution in [-0.2, 0) is 11.8 Å². The Balaban J connectivity index is 1.46. The summed E-state index contributed by atoms with van der Waals surface area (Å²) in [4.78, 5) is 5.69. The number of thiophene rings is 1. The minimum absolute atomic E-state index is 0.0725. The van der Waals surface area contributed by atoms with E-state index in [9.17, 15) is 0 Å². The summed E-state index contributed by atoms with van der Waals surface area (Å²) < 4.78 is 10.8. The van der Waals surface area contributed by atoms with Crippen LogP contribution in [-0.4, -0.2) is 32.9 Å². The van der Waals surface area contributed by atoms with Crippen LogP contribution in [0.2, 0.25) is 0 Å². The Bertz CT molecular complexity index is 726. The summed E-state index contributed by atoms with van der Waals surface area (Å²) in [5.74, 6) is 2.48. The maximum atomic E-state index is 5.42. The first-order valence-corrected chi connectivity index (χ1v) is 9.33. The Morgan fingerprint density at radius 3 is 2.80 bits per heavy atom. The summed E-state index contributed by atoms with van der Waals surface area (Å²) in [5.41, 5.74) is 1.29. The van der Waals surface area contributed by atoms with Gasteiger partial charge < -0.3 is 20.1 Å². The van der Waals surface area contributed by atoms with E-state index in [4.69, 9.17) is 9.47 Å². The summed E-state index contributed by atoms with van der Waals surface area (Å²) in [6, 6.07) is 10.4. The van der Waals surface area contributed by atoms with Crippen LogP contribution < -0.4 is 20.1 Å². The van der Waals surface area contributed by atoms with Crippen molar-refractivity contribution < 1.29 is 9.47 Å². The average molecular weight is 359 g/mol. The molecule has 0 amide bonds. The van der Waals surface area contributed by atoms with Crippen LogP contribution in [0.5, 0.6) is 11.5 Å². The topological polar surface area (TPSA) is 54.9 Å². The van der Waals surface area contributed by atoms with E-state index in [1.165, 1.54) is 10.4 Å². The number of rotatable bonds is 6. The van der Waals surface area contributed by atoms with Gasteiger partial charge in [-0.2, -0.15) is 0 Å². The molecule has 5 nitrogen and oxygen atoms in total. The number of fused-ring (bicyclic) bond motifs is 1. The molecule has 0 spiro atoms. The first-order valence-electron chi connectivity index (χ1n) is 8.45. The predicted octanol–water partition coefficient (Wildman–Crippen LogP) is 3.16. The van der Waals surface area contributed by atoms with E-state index < -0.39 is 0 Å². The molecule has 3 rings (SSSR count). The molecule has 2 N–H and O–H groups in total. The highest BCUT2D eigenvalue weighted by molar-refractivity contribution is 7.10. The van der Waals surface area contributed by atoms with Gasteiger partial charge in [0.1, 0.15) is 0 Å². The fourth-order valence-corrected chi connectivity index (χ4v) is 3.55. The first-order chi connectivity index (χ1) is 12.1. The molecule has 0 bridgehead atoms. The molecule has 0 atom stereocenters. The third-order valence-corrected chi connectivity index (χ3v) is 5.49. The quantitative estimate of drug-likeness (QED) is 0.614. The van der Waals surface area contributed by atoms with Crippen molar-refractivity contribution in [3.63, 3.8) is 0 Å². The molecule has 0 saturated heterocycles. The van der Waals surface area contributed by atoms with Crippen LogP contribution in [0.3, 0.4) is 0 Å². The number of guanidine groups is 1. The Labute approximate surface area is 153 Å². The predicted molar refractivity (Wildman–Crippen MR) is 103 cm³/mol. The van der Waals surface area contributed by atoms with Gasteiger partial charge in [-0.3, -0.25) is 4.99 Å². The Hall–Kier alpha value is -2.21. The lowest BCUT2D eigenvalue weighted by atomic mass is 9.91. The van der Waals surface area contributed by atoms with Crippen LogP contribution in [0.4, 0.5) is 0 Å². The molecule has 0 saturated carbocycles. The highest BCUT2D eigenvalue weighted by Crippen LogP contribution is 2.32. The highest BCUT2D eigenvalue weighted by atomic mass is 32.1. The highest BCUT2D eigenvalue weighted by Gasteiger charge is 2.21. The molecule has 1 aliphatic heterocycles. The van der Waals surface area contributed by atoms with Crippen LogP contribution in [0, 0.1) is 0 Å². The number of benzene rings is 1. The van der Waals surface area contributed by atoms with Crippen molar-refractivity contribution in [1.29, 1.82) is 0 Å². The zero-order chi connectivity index (χ0) is 17.7. The lowest BCUT2D eigenvalue weighted by Gasteiger charge is -2.25. The smallest absolute Gasteiger partial charge is 0.231 e. The Morgan fingerprint density at radius 2 is 2.04 bits per heavy atom. The second-order valence-corrected chi connectivity index (χ2v) is 7.60. The molecule has 25 heavy (non-hydrogen) atoms. The second-order valence-electron chi connectivity index (χ2n) is 6.65. The van der Waals surface area contributed by atoms with E-state index in [1.807, 2.05) is 12.1 Å². The Morgan fingerprint density at radius 1 is 1.20 bits per heavy atom. The molecule has 1 aromatic heterocycles. The minimum atomic E-state index is 0.0725. The zero-order valence-corrected chi connectivity index (χ0v) is 15.8. The number of nitrogens with one attached hydrogen (secondary N) is 2. The monoisotopic (exact) mass is 359 g/mol. The lowest BCUT2D eigenvalue weighted by molar-refractivity contribution is 0.174. The standard InChI is InChI=1S/C19H25N3O2S/c1-19(2,17-5-4-10-25-17)12-22-18(20-3)21-9-8-14-6-7-15-16(11-14)24-13-23-15/h4-7,10-11H,8-9,12-13H2,1-3H3,(H2,20,21,22). The zero-order valence-electron chi connectivity index (χ0n) is 15.0. The maximum Gasteiger partial charge on any atom is 0.231 e. The molecule has 0 radical (unpaired) electrons. The first kappa shape index (κ1) is 17.6. The van der Waals surface area contributed by atoms with E-state index in [1.54, 1.807) is 18.4 Å². The molecule has 134 valence electrons. The van der Waals surface area contributed by atoms with Gasteiger partial charge in [0.05, 0.1) is 0 Å². The number of ether oxygens (including phenoxy) is 2. The molecule has 0 unspecified atom stereocenters. The van der Waals surface area contributed by atoms with Gasteiger partial charge in [0.2, 0.25) is 6.79 Å². The number of hydrogen-bond donors (Lipinski definition) is 2. The average Bonchev–Trinajstić information content (AvgIpc) is 3.29. The van der Waals surface area contributed by atoms with Gasteiger partial charge in [0, 0.05) is 30.4 Å². The van der Waals surface area contributed by atoms with Crippen molar-refractivity contribution in [1.82, 2.24) is 10.6 Å². The van der Waals surface area contributed by atoms with E-state index in [-0.39, 0.29) is 5.41 Å². The van der Waals surface area contributed by atoms with Crippen molar-refractivity contribution >= 4 is 17.3 Å². The normalized spacial score (nSPS) is 13.8. The van der Waals surface area contributed by atoms with Gasteiger partial charge in [-0.15, -0.1) is 11.3 Å². The van der Waals surface area contributed by atoms with Crippen LogP contribution in [0.15, 0.2) is 40.7 Å². The van der Waals surface area contributed by atoms with Crippen molar-refractivity contribution in [2.45, 2.75) is 25.7 Å². The SMILES string of the molecule is CN=C(NCCc1ccc2c(c1)OCO2)NCC(C)(C)c1cccs1. The number of nitrogens with zero attached hydrogens (tertiary/aromatic N) is 1. The molecule has 0 fully saturated rings. The van der Waals surface area contributed by atoms with Crippen LogP contribution in [0.1, 0.15) is 24.3 Å². The molecule has 0 aliphatic carbocycles. The van der Waals surface area contributed by atoms with Gasteiger partial charge in [-0.1, -0.05) is 26.0 Å². The van der Waals surface area contributed by atoms with E-state index >= 15 is 0 Å². The summed E-state index contributed by atoms with van der Waals surface area (Å²) in [6.45, 7) is 6.43. The lowest BCUT2D eigenvalue weighted by Crippen LogP contribution is -2.43. The number of aliphatic imine (C=N–C) groups is 1.